The molecule has 8 atom stereocenters. The molecule has 4 nitrogen and oxygen atoms in total. The number of fused-ring (bicyclic) bond motifs is 5. The van der Waals surface area contributed by atoms with Crippen molar-refractivity contribution in [3.8, 4) is 0 Å². The highest BCUT2D eigenvalue weighted by Gasteiger charge is 2.62. The molecule has 2 N–H and O–H groups in total. The average molecular weight is 387 g/mol. The minimum absolute atomic E-state index is 0.0675. The second-order valence-corrected chi connectivity index (χ2v) is 11.1. The summed E-state index contributed by atoms with van der Waals surface area (Å²) in [4.78, 5) is 25.0. The lowest BCUT2D eigenvalue weighted by Crippen LogP contribution is -2.59. The van der Waals surface area contributed by atoms with E-state index in [4.69, 9.17) is 0 Å². The van der Waals surface area contributed by atoms with E-state index in [0.29, 0.717) is 29.6 Å². The van der Waals surface area contributed by atoms with Crippen LogP contribution in [0.25, 0.3) is 0 Å². The third kappa shape index (κ3) is 2.93. The monoisotopic (exact) mass is 386 g/mol. The van der Waals surface area contributed by atoms with Gasteiger partial charge in [-0.1, -0.05) is 40.7 Å². The second-order valence-electron chi connectivity index (χ2n) is 11.1. The minimum atomic E-state index is 0.0675. The lowest BCUT2D eigenvalue weighted by atomic mass is 9.48. The molecule has 0 aromatic heterocycles. The minimum Gasteiger partial charge on any atom is -0.356 e. The Kier molecular flexibility index (Phi) is 4.91. The van der Waals surface area contributed by atoms with Gasteiger partial charge in [-0.05, 0) is 73.2 Å². The Balaban J connectivity index is 1.58. The van der Waals surface area contributed by atoms with E-state index in [-0.39, 0.29) is 34.6 Å². The van der Waals surface area contributed by atoms with E-state index in [9.17, 15) is 9.59 Å². The number of rotatable bonds is 3. The van der Waals surface area contributed by atoms with E-state index in [0.717, 1.165) is 19.4 Å². The molecule has 4 heteroatoms. The van der Waals surface area contributed by atoms with Crippen LogP contribution in [0.15, 0.2) is 12.2 Å². The molecule has 3 fully saturated rings. The summed E-state index contributed by atoms with van der Waals surface area (Å²) in [6, 6.07) is 0.277. The van der Waals surface area contributed by atoms with E-state index in [1.807, 2.05) is 0 Å². The van der Waals surface area contributed by atoms with Gasteiger partial charge >= 0.3 is 0 Å². The number of hydrogen-bond acceptors (Lipinski definition) is 2. The van der Waals surface area contributed by atoms with Crippen LogP contribution < -0.4 is 10.6 Å². The van der Waals surface area contributed by atoms with Crippen LogP contribution in [-0.2, 0) is 9.59 Å². The normalized spacial score (nSPS) is 47.1. The maximum atomic E-state index is 13.1. The highest BCUT2D eigenvalue weighted by molar-refractivity contribution is 5.89. The molecular formula is C24H38N2O2. The van der Waals surface area contributed by atoms with Gasteiger partial charge in [-0.2, -0.15) is 0 Å². The Morgan fingerprint density at radius 2 is 2.00 bits per heavy atom. The SMILES string of the molecule is CC(C)CNC(=O)[C@H]1C(C)C[C@H]2[C@@H]3CC[C@H]4NC(=O)C=C[C@]4(C)[C@H]3CC[C@]12C. The van der Waals surface area contributed by atoms with Crippen molar-refractivity contribution in [3.05, 3.63) is 12.2 Å². The van der Waals surface area contributed by atoms with Gasteiger partial charge in [0, 0.05) is 23.9 Å². The largest absolute Gasteiger partial charge is 0.356 e. The topological polar surface area (TPSA) is 58.2 Å². The molecule has 1 unspecified atom stereocenters. The second kappa shape index (κ2) is 6.88. The molecule has 0 radical (unpaired) electrons. The first-order valence-electron chi connectivity index (χ1n) is 11.4. The van der Waals surface area contributed by atoms with Crippen LogP contribution in [-0.4, -0.2) is 24.4 Å². The molecule has 4 rings (SSSR count). The first kappa shape index (κ1) is 20.0. The highest BCUT2D eigenvalue weighted by Crippen LogP contribution is 2.66. The number of carbonyl (C=O) groups excluding carboxylic acids is 2. The lowest BCUT2D eigenvalue weighted by Gasteiger charge is -2.58. The van der Waals surface area contributed by atoms with Gasteiger partial charge in [0.25, 0.3) is 0 Å². The molecule has 0 bridgehead atoms. The van der Waals surface area contributed by atoms with Crippen LogP contribution in [0.1, 0.15) is 66.7 Å². The molecule has 1 aliphatic heterocycles. The fourth-order valence-corrected chi connectivity index (χ4v) is 7.67. The molecule has 156 valence electrons. The van der Waals surface area contributed by atoms with E-state index < -0.39 is 0 Å². The molecule has 3 saturated carbocycles. The van der Waals surface area contributed by atoms with Crippen molar-refractivity contribution in [2.45, 2.75) is 72.8 Å². The van der Waals surface area contributed by atoms with Gasteiger partial charge in [0.1, 0.15) is 0 Å². The Bertz CT molecular complexity index is 686. The van der Waals surface area contributed by atoms with E-state index in [2.05, 4.69) is 51.3 Å². The first-order chi connectivity index (χ1) is 13.2. The third-order valence-electron chi connectivity index (χ3n) is 9.00. The molecule has 4 aliphatic rings. The van der Waals surface area contributed by atoms with E-state index in [1.54, 1.807) is 6.08 Å². The summed E-state index contributed by atoms with van der Waals surface area (Å²) < 4.78 is 0. The van der Waals surface area contributed by atoms with Crippen molar-refractivity contribution in [2.24, 2.45) is 46.3 Å². The van der Waals surface area contributed by atoms with Crippen LogP contribution in [0.4, 0.5) is 0 Å². The number of hydrogen-bond donors (Lipinski definition) is 2. The Morgan fingerprint density at radius 3 is 2.71 bits per heavy atom. The van der Waals surface area contributed by atoms with Gasteiger partial charge in [-0.25, -0.2) is 0 Å². The number of nitrogens with one attached hydrogen (secondary N) is 2. The summed E-state index contributed by atoms with van der Waals surface area (Å²) in [6.45, 7) is 12.2. The van der Waals surface area contributed by atoms with Gasteiger partial charge in [0.15, 0.2) is 0 Å². The Labute approximate surface area is 170 Å². The van der Waals surface area contributed by atoms with Crippen LogP contribution in [0.5, 0.6) is 0 Å². The summed E-state index contributed by atoms with van der Waals surface area (Å²) >= 11 is 0. The highest BCUT2D eigenvalue weighted by atomic mass is 16.2. The zero-order valence-corrected chi connectivity index (χ0v) is 18.3. The van der Waals surface area contributed by atoms with Crippen molar-refractivity contribution < 1.29 is 9.59 Å². The molecule has 0 spiro atoms. The number of amides is 2. The van der Waals surface area contributed by atoms with Gasteiger partial charge in [-0.3, -0.25) is 9.59 Å². The summed E-state index contributed by atoms with van der Waals surface area (Å²) in [7, 11) is 0. The maximum Gasteiger partial charge on any atom is 0.243 e. The molecule has 28 heavy (non-hydrogen) atoms. The molecule has 0 saturated heterocycles. The molecule has 1 heterocycles. The molecular weight excluding hydrogens is 348 g/mol. The average Bonchev–Trinajstić information content (AvgIpc) is 2.90. The summed E-state index contributed by atoms with van der Waals surface area (Å²) in [5, 5.41) is 6.48. The summed E-state index contributed by atoms with van der Waals surface area (Å²) in [5.74, 6) is 3.35. The Morgan fingerprint density at radius 1 is 1.25 bits per heavy atom. The summed E-state index contributed by atoms with van der Waals surface area (Å²) in [5.41, 5.74) is 0.186. The third-order valence-corrected chi connectivity index (χ3v) is 9.00. The standard InChI is InChI=1S/C24H38N2O2/c1-14(2)13-25-22(28)21-15(3)12-18-16-6-7-19-23(4,11-9-20(27)26-19)17(16)8-10-24(18,21)5/h9,11,14-19,21H,6-8,10,12-13H2,1-5H3,(H,25,28)(H,26,27)/t15?,16-,17+,18+,19-,21-,23-,24+/m1/s1. The number of carbonyl (C=O) groups is 2. The van der Waals surface area contributed by atoms with Crippen molar-refractivity contribution in [1.82, 2.24) is 10.6 Å². The molecule has 0 aromatic rings. The van der Waals surface area contributed by atoms with Gasteiger partial charge < -0.3 is 10.6 Å². The fourth-order valence-electron chi connectivity index (χ4n) is 7.67. The van der Waals surface area contributed by atoms with Crippen LogP contribution in [0.2, 0.25) is 0 Å². The predicted octanol–water partition coefficient (Wildman–Crippen LogP) is 3.92. The van der Waals surface area contributed by atoms with Crippen LogP contribution in [0.3, 0.4) is 0 Å². The maximum absolute atomic E-state index is 13.1. The molecule has 3 aliphatic carbocycles. The summed E-state index contributed by atoms with van der Waals surface area (Å²) in [6.07, 6.45) is 9.70. The quantitative estimate of drug-likeness (QED) is 0.772. The van der Waals surface area contributed by atoms with Crippen molar-refractivity contribution in [3.63, 3.8) is 0 Å². The van der Waals surface area contributed by atoms with Crippen LogP contribution in [0, 0.1) is 46.3 Å². The zero-order chi connectivity index (χ0) is 20.3. The Hall–Kier alpha value is -1.32. The fraction of sp³-hybridized carbons (Fsp3) is 0.833. The molecule has 2 amide bonds. The zero-order valence-electron chi connectivity index (χ0n) is 18.3. The smallest absolute Gasteiger partial charge is 0.243 e. The van der Waals surface area contributed by atoms with Crippen LogP contribution >= 0.6 is 0 Å². The molecule has 0 aromatic carbocycles. The first-order valence-corrected chi connectivity index (χ1v) is 11.4. The van der Waals surface area contributed by atoms with Crippen molar-refractivity contribution in [1.29, 1.82) is 0 Å². The van der Waals surface area contributed by atoms with E-state index >= 15 is 0 Å². The van der Waals surface area contributed by atoms with Crippen molar-refractivity contribution in [2.75, 3.05) is 6.54 Å². The van der Waals surface area contributed by atoms with Crippen molar-refractivity contribution >= 4 is 11.8 Å². The predicted molar refractivity (Wildman–Crippen MR) is 111 cm³/mol. The lowest BCUT2D eigenvalue weighted by molar-refractivity contribution is -0.135. The van der Waals surface area contributed by atoms with E-state index in [1.165, 1.54) is 19.3 Å². The van der Waals surface area contributed by atoms with Gasteiger partial charge in [-0.15, -0.1) is 0 Å². The van der Waals surface area contributed by atoms with Gasteiger partial charge in [0.2, 0.25) is 11.8 Å². The van der Waals surface area contributed by atoms with Gasteiger partial charge in [0.05, 0.1) is 0 Å².